The summed E-state index contributed by atoms with van der Waals surface area (Å²) in [5, 5.41) is 29.8. The van der Waals surface area contributed by atoms with Crippen molar-refractivity contribution in [3.8, 4) is 17.6 Å². The van der Waals surface area contributed by atoms with Gasteiger partial charge in [-0.25, -0.2) is 0 Å². The summed E-state index contributed by atoms with van der Waals surface area (Å²) in [5.41, 5.74) is 1.32. The van der Waals surface area contributed by atoms with E-state index in [1.165, 1.54) is 43.5 Å². The molecule has 2 aromatic carbocycles. The lowest BCUT2D eigenvalue weighted by molar-refractivity contribution is -0.384. The highest BCUT2D eigenvalue weighted by molar-refractivity contribution is 6.32. The Kier molecular flexibility index (Phi) is 4.84. The van der Waals surface area contributed by atoms with Crippen LogP contribution in [0.4, 0.5) is 5.69 Å². The van der Waals surface area contributed by atoms with Crippen molar-refractivity contribution >= 4 is 28.9 Å². The van der Waals surface area contributed by atoms with Crippen molar-refractivity contribution in [1.82, 2.24) is 0 Å². The Morgan fingerprint density at radius 3 is 2.57 bits per heavy atom. The second-order valence-corrected chi connectivity index (χ2v) is 4.93. The van der Waals surface area contributed by atoms with Crippen molar-refractivity contribution in [2.24, 2.45) is 0 Å². The number of rotatable bonds is 4. The summed E-state index contributed by atoms with van der Waals surface area (Å²) in [7, 11) is 1.39. The van der Waals surface area contributed by atoms with Gasteiger partial charge in [0.25, 0.3) is 5.69 Å². The van der Waals surface area contributed by atoms with E-state index in [0.717, 1.165) is 0 Å². The van der Waals surface area contributed by atoms with Crippen molar-refractivity contribution in [2.45, 2.75) is 0 Å². The average Bonchev–Trinajstić information content (AvgIpc) is 2.55. The lowest BCUT2D eigenvalue weighted by Gasteiger charge is -2.07. The standard InChI is InChI=1S/C16H11ClN2O4/c1-23-15-8-10(7-14(17)16(15)20)6-12(9-18)11-2-4-13(5-3-11)19(21)22/h2-8,20H,1H3/b12-6-. The van der Waals surface area contributed by atoms with Gasteiger partial charge >= 0.3 is 0 Å². The van der Waals surface area contributed by atoms with Crippen LogP contribution in [0.2, 0.25) is 5.02 Å². The van der Waals surface area contributed by atoms with Crippen LogP contribution in [0.25, 0.3) is 11.6 Å². The number of ether oxygens (including phenoxy) is 1. The van der Waals surface area contributed by atoms with Gasteiger partial charge in [-0.15, -0.1) is 0 Å². The molecular weight excluding hydrogens is 320 g/mol. The zero-order valence-electron chi connectivity index (χ0n) is 12.0. The maximum Gasteiger partial charge on any atom is 0.269 e. The number of benzene rings is 2. The van der Waals surface area contributed by atoms with Crippen LogP contribution in [0.5, 0.6) is 11.5 Å². The first-order valence-electron chi connectivity index (χ1n) is 6.39. The van der Waals surface area contributed by atoms with Crippen LogP contribution in [0.15, 0.2) is 36.4 Å². The van der Waals surface area contributed by atoms with Gasteiger partial charge in [0.15, 0.2) is 11.5 Å². The van der Waals surface area contributed by atoms with Crippen LogP contribution in [0.1, 0.15) is 11.1 Å². The minimum atomic E-state index is -0.510. The summed E-state index contributed by atoms with van der Waals surface area (Å²) in [6, 6.07) is 10.7. The van der Waals surface area contributed by atoms with Crippen LogP contribution < -0.4 is 4.74 Å². The summed E-state index contributed by atoms with van der Waals surface area (Å²) in [6.45, 7) is 0. The molecule has 0 unspecified atom stereocenters. The monoisotopic (exact) mass is 330 g/mol. The molecule has 0 spiro atoms. The summed E-state index contributed by atoms with van der Waals surface area (Å²) in [5.74, 6) is 0.00454. The molecule has 2 rings (SSSR count). The molecule has 23 heavy (non-hydrogen) atoms. The number of hydrogen-bond acceptors (Lipinski definition) is 5. The van der Waals surface area contributed by atoms with E-state index in [0.29, 0.717) is 16.7 Å². The number of aromatic hydroxyl groups is 1. The van der Waals surface area contributed by atoms with Crippen LogP contribution in [-0.2, 0) is 0 Å². The fraction of sp³-hybridized carbons (Fsp3) is 0.0625. The Bertz CT molecular complexity index is 823. The molecule has 0 saturated carbocycles. The molecule has 6 nitrogen and oxygen atoms in total. The Labute approximate surface area is 137 Å². The van der Waals surface area contributed by atoms with E-state index in [1.807, 2.05) is 6.07 Å². The van der Waals surface area contributed by atoms with E-state index < -0.39 is 4.92 Å². The van der Waals surface area contributed by atoms with Crippen LogP contribution in [-0.4, -0.2) is 17.1 Å². The second kappa shape index (κ2) is 6.81. The van der Waals surface area contributed by atoms with E-state index in [-0.39, 0.29) is 22.2 Å². The molecule has 1 N–H and O–H groups in total. The molecule has 0 aliphatic rings. The first-order valence-corrected chi connectivity index (χ1v) is 6.77. The largest absolute Gasteiger partial charge is 0.503 e. The Morgan fingerprint density at radius 1 is 1.39 bits per heavy atom. The number of nitriles is 1. The molecule has 7 heteroatoms. The third-order valence-electron chi connectivity index (χ3n) is 3.09. The molecule has 116 valence electrons. The van der Waals surface area contributed by atoms with Crippen LogP contribution in [0.3, 0.4) is 0 Å². The van der Waals surface area contributed by atoms with Crippen molar-refractivity contribution in [1.29, 1.82) is 5.26 Å². The van der Waals surface area contributed by atoms with Gasteiger partial charge in [0, 0.05) is 12.1 Å². The van der Waals surface area contributed by atoms with Gasteiger partial charge in [-0.1, -0.05) is 11.6 Å². The number of phenolic OH excluding ortho intramolecular Hbond substituents is 1. The van der Waals surface area contributed by atoms with Gasteiger partial charge in [-0.3, -0.25) is 10.1 Å². The molecular formula is C16H11ClN2O4. The average molecular weight is 331 g/mol. The van der Waals surface area contributed by atoms with Crippen LogP contribution >= 0.6 is 11.6 Å². The zero-order valence-corrected chi connectivity index (χ0v) is 12.7. The predicted molar refractivity (Wildman–Crippen MR) is 86.2 cm³/mol. The van der Waals surface area contributed by atoms with E-state index >= 15 is 0 Å². The van der Waals surface area contributed by atoms with Crippen LogP contribution in [0, 0.1) is 21.4 Å². The second-order valence-electron chi connectivity index (χ2n) is 4.53. The minimum absolute atomic E-state index is 0.0552. The maximum absolute atomic E-state index is 10.7. The number of methoxy groups -OCH3 is 1. The Hall–Kier alpha value is -3.04. The number of phenols is 1. The Morgan fingerprint density at radius 2 is 2.04 bits per heavy atom. The normalized spacial score (nSPS) is 10.9. The summed E-state index contributed by atoms with van der Waals surface area (Å²) in [6.07, 6.45) is 1.55. The summed E-state index contributed by atoms with van der Waals surface area (Å²) >= 11 is 5.91. The quantitative estimate of drug-likeness (QED) is 0.395. The molecule has 0 heterocycles. The fourth-order valence-corrected chi connectivity index (χ4v) is 2.16. The lowest BCUT2D eigenvalue weighted by Crippen LogP contribution is -1.89. The zero-order chi connectivity index (χ0) is 17.0. The van der Waals surface area contributed by atoms with Gasteiger partial charge in [-0.2, -0.15) is 5.26 Å². The number of nitro groups is 1. The highest BCUT2D eigenvalue weighted by Gasteiger charge is 2.10. The van der Waals surface area contributed by atoms with Crippen molar-refractivity contribution in [3.05, 3.63) is 62.7 Å². The van der Waals surface area contributed by atoms with Gasteiger partial charge in [-0.05, 0) is 41.5 Å². The van der Waals surface area contributed by atoms with Gasteiger partial charge < -0.3 is 9.84 Å². The van der Waals surface area contributed by atoms with Gasteiger partial charge in [0.1, 0.15) is 0 Å². The molecule has 0 bridgehead atoms. The number of nitro benzene ring substituents is 1. The van der Waals surface area contributed by atoms with E-state index in [1.54, 1.807) is 6.08 Å². The molecule has 0 aliphatic carbocycles. The predicted octanol–water partition coefficient (Wildman–Crippen LogP) is 4.03. The molecule has 2 aromatic rings. The third-order valence-corrected chi connectivity index (χ3v) is 3.38. The first kappa shape index (κ1) is 16.3. The number of nitrogens with zero attached hydrogens (tertiary/aromatic N) is 2. The van der Waals surface area contributed by atoms with Crippen molar-refractivity contribution in [3.63, 3.8) is 0 Å². The molecule has 0 atom stereocenters. The Balaban J connectivity index is 2.45. The molecule has 0 aliphatic heterocycles. The fourth-order valence-electron chi connectivity index (χ4n) is 1.94. The smallest absolute Gasteiger partial charge is 0.269 e. The first-order chi connectivity index (χ1) is 11.0. The molecule has 0 fully saturated rings. The molecule has 0 aromatic heterocycles. The highest BCUT2D eigenvalue weighted by Crippen LogP contribution is 2.36. The maximum atomic E-state index is 10.7. The van der Waals surface area contributed by atoms with Crippen molar-refractivity contribution < 1.29 is 14.8 Å². The highest BCUT2D eigenvalue weighted by atomic mass is 35.5. The molecule has 0 radical (unpaired) electrons. The van der Waals surface area contributed by atoms with E-state index in [4.69, 9.17) is 16.3 Å². The van der Waals surface area contributed by atoms with Crippen molar-refractivity contribution in [2.75, 3.05) is 7.11 Å². The minimum Gasteiger partial charge on any atom is -0.503 e. The number of hydrogen-bond donors (Lipinski definition) is 1. The summed E-state index contributed by atoms with van der Waals surface area (Å²) in [4.78, 5) is 10.1. The molecule has 0 saturated heterocycles. The topological polar surface area (TPSA) is 96.4 Å². The third kappa shape index (κ3) is 3.59. The number of allylic oxidation sites excluding steroid dienone is 1. The number of non-ortho nitro benzene ring substituents is 1. The SMILES string of the molecule is COc1cc(/C=C(/C#N)c2ccc([N+](=O)[O-])cc2)cc(Cl)c1O. The van der Waals surface area contributed by atoms with E-state index in [2.05, 4.69) is 0 Å². The van der Waals surface area contributed by atoms with E-state index in [9.17, 15) is 20.5 Å². The lowest BCUT2D eigenvalue weighted by atomic mass is 10.0. The molecule has 0 amide bonds. The van der Waals surface area contributed by atoms with Gasteiger partial charge in [0.2, 0.25) is 0 Å². The summed E-state index contributed by atoms with van der Waals surface area (Å²) < 4.78 is 5.01. The van der Waals surface area contributed by atoms with Gasteiger partial charge in [0.05, 0.1) is 28.7 Å². The number of halogens is 1.